The van der Waals surface area contributed by atoms with Crippen molar-refractivity contribution in [2.24, 2.45) is 0 Å². The molecule has 3 nitrogen and oxygen atoms in total. The standard InChI is InChI=1S/C19H22ClNO2/c1-3-14-9-11-16(12-10-14)23-18(4-2)19(22)21-13-15-7-5-6-8-17(15)20/h5-12,18H,3-4,13H2,1-2H3,(H,21,22). The smallest absolute Gasteiger partial charge is 0.261 e. The van der Waals surface area contributed by atoms with Gasteiger partial charge in [-0.1, -0.05) is 55.8 Å². The van der Waals surface area contributed by atoms with Gasteiger partial charge in [-0.25, -0.2) is 0 Å². The second-order valence-corrected chi connectivity index (χ2v) is 5.73. The highest BCUT2D eigenvalue weighted by atomic mass is 35.5. The molecule has 0 spiro atoms. The molecule has 2 aromatic rings. The van der Waals surface area contributed by atoms with Gasteiger partial charge in [0.2, 0.25) is 0 Å². The monoisotopic (exact) mass is 331 g/mol. The Morgan fingerprint density at radius 3 is 2.43 bits per heavy atom. The first kappa shape index (κ1) is 17.4. The molecule has 0 radical (unpaired) electrons. The summed E-state index contributed by atoms with van der Waals surface area (Å²) in [6.07, 6.45) is 1.07. The molecule has 122 valence electrons. The largest absolute Gasteiger partial charge is 0.481 e. The summed E-state index contributed by atoms with van der Waals surface area (Å²) in [5.74, 6) is 0.578. The van der Waals surface area contributed by atoms with Gasteiger partial charge >= 0.3 is 0 Å². The molecule has 0 aliphatic heterocycles. The number of carbonyl (C=O) groups excluding carboxylic acids is 1. The molecule has 2 rings (SSSR count). The third-order valence-electron chi connectivity index (χ3n) is 3.68. The molecule has 0 aliphatic rings. The van der Waals surface area contributed by atoms with Crippen LogP contribution in [0.4, 0.5) is 0 Å². The molecule has 0 saturated carbocycles. The van der Waals surface area contributed by atoms with Crippen molar-refractivity contribution in [3.05, 3.63) is 64.7 Å². The number of aryl methyl sites for hydroxylation is 1. The molecule has 1 N–H and O–H groups in total. The normalized spacial score (nSPS) is 11.8. The van der Waals surface area contributed by atoms with Crippen LogP contribution in [0.3, 0.4) is 0 Å². The summed E-state index contributed by atoms with van der Waals surface area (Å²) in [6, 6.07) is 15.3. The average molecular weight is 332 g/mol. The summed E-state index contributed by atoms with van der Waals surface area (Å²) >= 11 is 6.10. The number of carbonyl (C=O) groups is 1. The van der Waals surface area contributed by atoms with E-state index in [9.17, 15) is 4.79 Å². The lowest BCUT2D eigenvalue weighted by atomic mass is 10.1. The number of halogens is 1. The minimum absolute atomic E-state index is 0.132. The topological polar surface area (TPSA) is 38.3 Å². The lowest BCUT2D eigenvalue weighted by Gasteiger charge is -2.17. The predicted molar refractivity (Wildman–Crippen MR) is 93.8 cm³/mol. The molecular formula is C19H22ClNO2. The summed E-state index contributed by atoms with van der Waals surface area (Å²) in [5, 5.41) is 3.54. The van der Waals surface area contributed by atoms with Crippen molar-refractivity contribution in [3.63, 3.8) is 0 Å². The van der Waals surface area contributed by atoms with Crippen LogP contribution in [0.1, 0.15) is 31.4 Å². The SMILES string of the molecule is CCc1ccc(OC(CC)C(=O)NCc2ccccc2Cl)cc1. The number of rotatable bonds is 7. The van der Waals surface area contributed by atoms with Gasteiger partial charge < -0.3 is 10.1 Å². The van der Waals surface area contributed by atoms with E-state index >= 15 is 0 Å². The summed E-state index contributed by atoms with van der Waals surface area (Å²) in [4.78, 5) is 12.3. The number of ether oxygens (including phenoxy) is 1. The van der Waals surface area contributed by atoms with E-state index in [-0.39, 0.29) is 5.91 Å². The minimum atomic E-state index is -0.509. The Bertz CT molecular complexity index is 640. The van der Waals surface area contributed by atoms with Gasteiger partial charge in [-0.2, -0.15) is 0 Å². The van der Waals surface area contributed by atoms with E-state index in [1.807, 2.05) is 55.5 Å². The van der Waals surface area contributed by atoms with Gasteiger partial charge in [0.25, 0.3) is 5.91 Å². The van der Waals surface area contributed by atoms with Crippen LogP contribution in [0.2, 0.25) is 5.02 Å². The molecule has 0 aromatic heterocycles. The molecule has 0 fully saturated rings. The van der Waals surface area contributed by atoms with Gasteiger partial charge in [-0.05, 0) is 42.2 Å². The average Bonchev–Trinajstić information content (AvgIpc) is 2.59. The maximum atomic E-state index is 12.3. The molecule has 1 amide bonds. The van der Waals surface area contributed by atoms with Crippen LogP contribution in [-0.2, 0) is 17.8 Å². The van der Waals surface area contributed by atoms with E-state index < -0.39 is 6.10 Å². The van der Waals surface area contributed by atoms with E-state index in [0.29, 0.717) is 23.7 Å². The molecule has 4 heteroatoms. The van der Waals surface area contributed by atoms with Crippen molar-refractivity contribution < 1.29 is 9.53 Å². The summed E-state index contributed by atoms with van der Waals surface area (Å²) in [5.41, 5.74) is 2.14. The first-order chi connectivity index (χ1) is 11.1. The van der Waals surface area contributed by atoms with Crippen LogP contribution in [0.5, 0.6) is 5.75 Å². The Morgan fingerprint density at radius 2 is 1.83 bits per heavy atom. The fraction of sp³-hybridized carbons (Fsp3) is 0.316. The molecule has 0 heterocycles. The Kier molecular flexibility index (Phi) is 6.48. The molecule has 1 unspecified atom stereocenters. The summed E-state index contributed by atoms with van der Waals surface area (Å²) in [6.45, 7) is 4.43. The van der Waals surface area contributed by atoms with Crippen LogP contribution >= 0.6 is 11.6 Å². The van der Waals surface area contributed by atoms with Crippen molar-refractivity contribution in [1.82, 2.24) is 5.32 Å². The van der Waals surface area contributed by atoms with Gasteiger partial charge in [0.05, 0.1) is 0 Å². The van der Waals surface area contributed by atoms with Crippen molar-refractivity contribution in [2.75, 3.05) is 0 Å². The van der Waals surface area contributed by atoms with Gasteiger partial charge in [0.15, 0.2) is 6.10 Å². The highest BCUT2D eigenvalue weighted by Gasteiger charge is 2.18. The molecule has 2 aromatic carbocycles. The fourth-order valence-electron chi connectivity index (χ4n) is 2.23. The number of nitrogens with one attached hydrogen (secondary N) is 1. The van der Waals surface area contributed by atoms with Crippen LogP contribution < -0.4 is 10.1 Å². The van der Waals surface area contributed by atoms with E-state index in [0.717, 1.165) is 12.0 Å². The first-order valence-corrected chi connectivity index (χ1v) is 8.28. The second kappa shape index (κ2) is 8.59. The number of amides is 1. The van der Waals surface area contributed by atoms with Crippen LogP contribution in [0.15, 0.2) is 48.5 Å². The van der Waals surface area contributed by atoms with Gasteiger partial charge in [-0.15, -0.1) is 0 Å². The first-order valence-electron chi connectivity index (χ1n) is 7.90. The maximum Gasteiger partial charge on any atom is 0.261 e. The molecule has 0 saturated heterocycles. The Labute approximate surface area is 142 Å². The number of hydrogen-bond acceptors (Lipinski definition) is 2. The fourth-order valence-corrected chi connectivity index (χ4v) is 2.43. The maximum absolute atomic E-state index is 12.3. The molecule has 0 bridgehead atoms. The Hall–Kier alpha value is -2.00. The van der Waals surface area contributed by atoms with Gasteiger partial charge in [-0.3, -0.25) is 4.79 Å². The molecule has 1 atom stereocenters. The van der Waals surface area contributed by atoms with Crippen molar-refractivity contribution >= 4 is 17.5 Å². The van der Waals surface area contributed by atoms with Crippen molar-refractivity contribution in [3.8, 4) is 5.75 Å². The third kappa shape index (κ3) is 5.00. The van der Waals surface area contributed by atoms with Crippen LogP contribution in [0.25, 0.3) is 0 Å². The number of benzene rings is 2. The van der Waals surface area contributed by atoms with Crippen molar-refractivity contribution in [1.29, 1.82) is 0 Å². The quantitative estimate of drug-likeness (QED) is 0.817. The minimum Gasteiger partial charge on any atom is -0.481 e. The predicted octanol–water partition coefficient (Wildman–Crippen LogP) is 4.38. The molecule has 23 heavy (non-hydrogen) atoms. The van der Waals surface area contributed by atoms with E-state index in [1.165, 1.54) is 5.56 Å². The van der Waals surface area contributed by atoms with Crippen molar-refractivity contribution in [2.45, 2.75) is 39.3 Å². The zero-order chi connectivity index (χ0) is 16.7. The molecular weight excluding hydrogens is 310 g/mol. The third-order valence-corrected chi connectivity index (χ3v) is 4.05. The van der Waals surface area contributed by atoms with Gasteiger partial charge in [0.1, 0.15) is 5.75 Å². The van der Waals surface area contributed by atoms with E-state index in [2.05, 4.69) is 12.2 Å². The lowest BCUT2D eigenvalue weighted by molar-refractivity contribution is -0.128. The summed E-state index contributed by atoms with van der Waals surface area (Å²) < 4.78 is 5.80. The van der Waals surface area contributed by atoms with Crippen LogP contribution in [0, 0.1) is 0 Å². The highest BCUT2D eigenvalue weighted by molar-refractivity contribution is 6.31. The Morgan fingerprint density at radius 1 is 1.13 bits per heavy atom. The highest BCUT2D eigenvalue weighted by Crippen LogP contribution is 2.17. The van der Waals surface area contributed by atoms with E-state index in [1.54, 1.807) is 0 Å². The lowest BCUT2D eigenvalue weighted by Crippen LogP contribution is -2.37. The van der Waals surface area contributed by atoms with E-state index in [4.69, 9.17) is 16.3 Å². The zero-order valence-corrected chi connectivity index (χ0v) is 14.3. The Balaban J connectivity index is 1.94. The zero-order valence-electron chi connectivity index (χ0n) is 13.5. The van der Waals surface area contributed by atoms with Gasteiger partial charge in [0, 0.05) is 11.6 Å². The second-order valence-electron chi connectivity index (χ2n) is 5.32. The summed E-state index contributed by atoms with van der Waals surface area (Å²) in [7, 11) is 0. The van der Waals surface area contributed by atoms with Crippen LogP contribution in [-0.4, -0.2) is 12.0 Å². The number of hydrogen-bond donors (Lipinski definition) is 1. The molecule has 0 aliphatic carbocycles.